The van der Waals surface area contributed by atoms with E-state index in [1.54, 1.807) is 0 Å². The summed E-state index contributed by atoms with van der Waals surface area (Å²) < 4.78 is 22.4. The fourth-order valence-corrected chi connectivity index (χ4v) is 3.41. The zero-order valence-electron chi connectivity index (χ0n) is 9.39. The topological polar surface area (TPSA) is 83.6 Å². The Bertz CT molecular complexity index is 390. The quantitative estimate of drug-likeness (QED) is 0.667. The fourth-order valence-electron chi connectivity index (χ4n) is 1.67. The second-order valence-corrected chi connectivity index (χ2v) is 6.20. The Morgan fingerprint density at radius 2 is 2.06 bits per heavy atom. The van der Waals surface area contributed by atoms with Crippen LogP contribution in [0.5, 0.6) is 0 Å². The number of hydrogen-bond donors (Lipinski definition) is 1. The standard InChI is InChI=1S/C9H16N2O4S/c1-10-8(12)5-11(2)9(13)7-3-4-16(14,15)6-7/h7H,3-6H2,1-2H3,(H,10,12). The van der Waals surface area contributed by atoms with Gasteiger partial charge in [-0.3, -0.25) is 9.59 Å². The van der Waals surface area contributed by atoms with Gasteiger partial charge in [0.05, 0.1) is 24.0 Å². The number of likely N-dealkylation sites (N-methyl/N-ethyl adjacent to an activating group) is 2. The van der Waals surface area contributed by atoms with Crippen molar-refractivity contribution in [1.29, 1.82) is 0 Å². The number of nitrogens with zero attached hydrogens (tertiary/aromatic N) is 1. The maximum atomic E-state index is 11.8. The minimum atomic E-state index is -3.06. The number of carbonyl (C=O) groups excluding carboxylic acids is 2. The number of sulfone groups is 1. The highest BCUT2D eigenvalue weighted by atomic mass is 32.2. The van der Waals surface area contributed by atoms with Crippen LogP contribution in [0.3, 0.4) is 0 Å². The van der Waals surface area contributed by atoms with Gasteiger partial charge < -0.3 is 10.2 Å². The van der Waals surface area contributed by atoms with Crippen LogP contribution in [0.1, 0.15) is 6.42 Å². The Balaban J connectivity index is 2.55. The average molecular weight is 248 g/mol. The molecule has 0 aliphatic carbocycles. The maximum Gasteiger partial charge on any atom is 0.239 e. The SMILES string of the molecule is CNC(=O)CN(C)C(=O)C1CCS(=O)(=O)C1. The van der Waals surface area contributed by atoms with E-state index < -0.39 is 15.8 Å². The molecule has 0 aromatic heterocycles. The first-order chi connectivity index (χ1) is 7.35. The van der Waals surface area contributed by atoms with Gasteiger partial charge in [-0.2, -0.15) is 0 Å². The molecule has 1 unspecified atom stereocenters. The van der Waals surface area contributed by atoms with Gasteiger partial charge in [0.1, 0.15) is 0 Å². The smallest absolute Gasteiger partial charge is 0.239 e. The minimum Gasteiger partial charge on any atom is -0.358 e. The normalized spacial score (nSPS) is 22.8. The van der Waals surface area contributed by atoms with E-state index in [1.165, 1.54) is 19.0 Å². The molecule has 1 aliphatic heterocycles. The summed E-state index contributed by atoms with van der Waals surface area (Å²) in [5, 5.41) is 2.41. The van der Waals surface area contributed by atoms with Gasteiger partial charge in [-0.25, -0.2) is 8.42 Å². The molecule has 1 rings (SSSR count). The maximum absolute atomic E-state index is 11.8. The summed E-state index contributed by atoms with van der Waals surface area (Å²) >= 11 is 0. The second kappa shape index (κ2) is 4.82. The van der Waals surface area contributed by atoms with E-state index in [0.717, 1.165) is 0 Å². The molecule has 16 heavy (non-hydrogen) atoms. The first kappa shape index (κ1) is 13.0. The van der Waals surface area contributed by atoms with Crippen molar-refractivity contribution in [3.05, 3.63) is 0 Å². The Hall–Kier alpha value is -1.11. The van der Waals surface area contributed by atoms with Crippen molar-refractivity contribution < 1.29 is 18.0 Å². The highest BCUT2D eigenvalue weighted by molar-refractivity contribution is 7.91. The van der Waals surface area contributed by atoms with E-state index in [0.29, 0.717) is 6.42 Å². The number of hydrogen-bond acceptors (Lipinski definition) is 4. The van der Waals surface area contributed by atoms with E-state index in [-0.39, 0.29) is 29.9 Å². The average Bonchev–Trinajstić information content (AvgIpc) is 2.57. The lowest BCUT2D eigenvalue weighted by atomic mass is 10.1. The first-order valence-electron chi connectivity index (χ1n) is 5.01. The van der Waals surface area contributed by atoms with Crippen LogP contribution < -0.4 is 5.32 Å². The van der Waals surface area contributed by atoms with Crippen molar-refractivity contribution >= 4 is 21.7 Å². The lowest BCUT2D eigenvalue weighted by molar-refractivity contribution is -0.137. The first-order valence-corrected chi connectivity index (χ1v) is 6.84. The van der Waals surface area contributed by atoms with E-state index in [2.05, 4.69) is 5.32 Å². The number of amides is 2. The van der Waals surface area contributed by atoms with Crippen LogP contribution in [0.4, 0.5) is 0 Å². The Kier molecular flexibility index (Phi) is 3.90. The fraction of sp³-hybridized carbons (Fsp3) is 0.778. The highest BCUT2D eigenvalue weighted by Gasteiger charge is 2.34. The summed E-state index contributed by atoms with van der Waals surface area (Å²) in [6, 6.07) is 0. The van der Waals surface area contributed by atoms with Crippen molar-refractivity contribution in [3.8, 4) is 0 Å². The molecule has 1 heterocycles. The van der Waals surface area contributed by atoms with Crippen molar-refractivity contribution in [2.24, 2.45) is 5.92 Å². The molecule has 7 heteroatoms. The van der Waals surface area contributed by atoms with E-state index in [1.807, 2.05) is 0 Å². The summed E-state index contributed by atoms with van der Waals surface area (Å²) in [5.41, 5.74) is 0. The van der Waals surface area contributed by atoms with Crippen molar-refractivity contribution in [2.45, 2.75) is 6.42 Å². The van der Waals surface area contributed by atoms with Crippen LogP contribution in [0.2, 0.25) is 0 Å². The molecule has 1 saturated heterocycles. The van der Waals surface area contributed by atoms with Gasteiger partial charge in [-0.1, -0.05) is 0 Å². The Morgan fingerprint density at radius 1 is 1.44 bits per heavy atom. The summed E-state index contributed by atoms with van der Waals surface area (Å²) in [4.78, 5) is 24.1. The van der Waals surface area contributed by atoms with Crippen LogP contribution in [0.15, 0.2) is 0 Å². The largest absolute Gasteiger partial charge is 0.358 e. The number of carbonyl (C=O) groups is 2. The molecule has 0 aromatic rings. The lowest BCUT2D eigenvalue weighted by Gasteiger charge is -2.19. The molecule has 0 bridgehead atoms. The van der Waals surface area contributed by atoms with Gasteiger partial charge >= 0.3 is 0 Å². The highest BCUT2D eigenvalue weighted by Crippen LogP contribution is 2.20. The molecular formula is C9H16N2O4S. The third-order valence-electron chi connectivity index (χ3n) is 2.62. The molecule has 6 nitrogen and oxygen atoms in total. The predicted octanol–water partition coefficient (Wildman–Crippen LogP) is -1.37. The van der Waals surface area contributed by atoms with Crippen LogP contribution >= 0.6 is 0 Å². The Morgan fingerprint density at radius 3 is 2.50 bits per heavy atom. The molecule has 1 aliphatic rings. The molecule has 0 aromatic carbocycles. The van der Waals surface area contributed by atoms with Gasteiger partial charge in [-0.15, -0.1) is 0 Å². The van der Waals surface area contributed by atoms with E-state index in [4.69, 9.17) is 0 Å². The van der Waals surface area contributed by atoms with Gasteiger partial charge in [0.2, 0.25) is 11.8 Å². The lowest BCUT2D eigenvalue weighted by Crippen LogP contribution is -2.40. The van der Waals surface area contributed by atoms with Gasteiger partial charge in [-0.05, 0) is 6.42 Å². The third kappa shape index (κ3) is 3.19. The van der Waals surface area contributed by atoms with Crippen molar-refractivity contribution in [2.75, 3.05) is 32.1 Å². The zero-order chi connectivity index (χ0) is 12.3. The van der Waals surface area contributed by atoms with Gasteiger partial charge in [0.25, 0.3) is 0 Å². The molecule has 0 radical (unpaired) electrons. The molecule has 1 N–H and O–H groups in total. The van der Waals surface area contributed by atoms with Crippen LogP contribution in [0, 0.1) is 5.92 Å². The van der Waals surface area contributed by atoms with Crippen LogP contribution in [-0.4, -0.2) is 57.3 Å². The summed E-state index contributed by atoms with van der Waals surface area (Å²) in [6.45, 7) is -0.0358. The molecule has 0 spiro atoms. The van der Waals surface area contributed by atoms with Gasteiger partial charge in [0, 0.05) is 14.1 Å². The minimum absolute atomic E-state index is 0.0358. The molecule has 92 valence electrons. The molecule has 2 amide bonds. The molecule has 1 fully saturated rings. The summed E-state index contributed by atoms with van der Waals surface area (Å²) in [7, 11) is -0.0668. The number of nitrogens with one attached hydrogen (secondary N) is 1. The Labute approximate surface area is 94.9 Å². The molecule has 0 saturated carbocycles. The van der Waals surface area contributed by atoms with Crippen molar-refractivity contribution in [3.63, 3.8) is 0 Å². The van der Waals surface area contributed by atoms with E-state index in [9.17, 15) is 18.0 Å². The third-order valence-corrected chi connectivity index (χ3v) is 4.39. The number of rotatable bonds is 3. The molecule has 1 atom stereocenters. The van der Waals surface area contributed by atoms with Crippen LogP contribution in [0.25, 0.3) is 0 Å². The zero-order valence-corrected chi connectivity index (χ0v) is 10.2. The van der Waals surface area contributed by atoms with Gasteiger partial charge in [0.15, 0.2) is 9.84 Å². The van der Waals surface area contributed by atoms with Crippen molar-refractivity contribution in [1.82, 2.24) is 10.2 Å². The predicted molar refractivity (Wildman–Crippen MR) is 58.5 cm³/mol. The molecular weight excluding hydrogens is 232 g/mol. The summed E-state index contributed by atoms with van der Waals surface area (Å²) in [6.07, 6.45) is 0.360. The summed E-state index contributed by atoms with van der Waals surface area (Å²) in [5.74, 6) is -1.05. The van der Waals surface area contributed by atoms with Crippen LogP contribution in [-0.2, 0) is 19.4 Å². The van der Waals surface area contributed by atoms with E-state index >= 15 is 0 Å². The monoisotopic (exact) mass is 248 g/mol. The second-order valence-electron chi connectivity index (χ2n) is 3.97.